The molecule has 1 saturated heterocycles. The van der Waals surface area contributed by atoms with Crippen molar-refractivity contribution < 1.29 is 4.79 Å². The third kappa shape index (κ3) is 4.34. The smallest absolute Gasteiger partial charge is 0.248 e. The summed E-state index contributed by atoms with van der Waals surface area (Å²) in [5.41, 5.74) is 3.48. The molecule has 0 unspecified atom stereocenters. The maximum atomic E-state index is 12.4. The highest BCUT2D eigenvalue weighted by Crippen LogP contribution is 2.44. The second-order valence-electron chi connectivity index (χ2n) is 6.09. The summed E-state index contributed by atoms with van der Waals surface area (Å²) in [6, 6.07) is 13.8. The number of hydrogen-bond donors (Lipinski definition) is 1. The normalized spacial score (nSPS) is 15.4. The van der Waals surface area contributed by atoms with Crippen molar-refractivity contribution in [1.82, 2.24) is 9.38 Å². The van der Waals surface area contributed by atoms with Crippen LogP contribution >= 0.6 is 35.1 Å². The summed E-state index contributed by atoms with van der Waals surface area (Å²) in [7, 11) is 0. The number of carbonyl (C=O) groups excluding carboxylic acids is 1. The van der Waals surface area contributed by atoms with Gasteiger partial charge in [-0.25, -0.2) is 4.98 Å². The maximum absolute atomic E-state index is 12.4. The van der Waals surface area contributed by atoms with Crippen molar-refractivity contribution in [2.24, 2.45) is 0 Å². The second kappa shape index (κ2) is 8.42. The van der Waals surface area contributed by atoms with Crippen LogP contribution in [0.4, 0.5) is 5.69 Å². The monoisotopic (exact) mass is 415 g/mol. The third-order valence-electron chi connectivity index (χ3n) is 4.17. The number of anilines is 1. The zero-order valence-corrected chi connectivity index (χ0v) is 16.9. The summed E-state index contributed by atoms with van der Waals surface area (Å²) in [6.07, 6.45) is 6.31. The van der Waals surface area contributed by atoms with Gasteiger partial charge in [0.15, 0.2) is 5.15 Å². The number of imidazole rings is 1. The van der Waals surface area contributed by atoms with Gasteiger partial charge >= 0.3 is 0 Å². The van der Waals surface area contributed by atoms with Gasteiger partial charge in [-0.15, -0.1) is 23.5 Å². The van der Waals surface area contributed by atoms with Crippen molar-refractivity contribution in [3.05, 3.63) is 71.1 Å². The molecule has 1 amide bonds. The van der Waals surface area contributed by atoms with Gasteiger partial charge in [0.25, 0.3) is 0 Å². The van der Waals surface area contributed by atoms with E-state index in [1.165, 1.54) is 29.6 Å². The van der Waals surface area contributed by atoms with E-state index in [1.54, 1.807) is 6.08 Å². The van der Waals surface area contributed by atoms with E-state index in [0.717, 1.165) is 11.3 Å². The van der Waals surface area contributed by atoms with Crippen LogP contribution < -0.4 is 5.32 Å². The van der Waals surface area contributed by atoms with Crippen LogP contribution in [0.15, 0.2) is 54.7 Å². The fourth-order valence-corrected chi connectivity index (χ4v) is 6.03. The van der Waals surface area contributed by atoms with E-state index in [9.17, 15) is 4.79 Å². The number of hydrogen-bond acceptors (Lipinski definition) is 4. The number of nitrogens with one attached hydrogen (secondary N) is 1. The molecule has 138 valence electrons. The zero-order valence-electron chi connectivity index (χ0n) is 14.5. The molecule has 2 aromatic heterocycles. The standard InChI is InChI=1S/C20H18ClN3OS2/c21-19-16(24-10-2-1-7-17(24)23-19)8-9-18(25)22-15-6-3-5-14(13-15)20-26-11-4-12-27-20/h1-3,5-10,13,20H,4,11-12H2,(H,22,25). The van der Waals surface area contributed by atoms with Crippen molar-refractivity contribution >= 4 is 58.4 Å². The number of thioether (sulfide) groups is 2. The number of halogens is 1. The lowest BCUT2D eigenvalue weighted by atomic mass is 10.2. The molecule has 0 atom stereocenters. The minimum Gasteiger partial charge on any atom is -0.323 e. The number of fused-ring (bicyclic) bond motifs is 1. The van der Waals surface area contributed by atoms with Gasteiger partial charge in [-0.3, -0.25) is 9.20 Å². The van der Waals surface area contributed by atoms with Gasteiger partial charge < -0.3 is 5.32 Å². The van der Waals surface area contributed by atoms with E-state index in [2.05, 4.69) is 22.4 Å². The van der Waals surface area contributed by atoms with Gasteiger partial charge in [0, 0.05) is 18.0 Å². The highest BCUT2D eigenvalue weighted by Gasteiger charge is 2.16. The average molecular weight is 416 g/mol. The maximum Gasteiger partial charge on any atom is 0.248 e. The Balaban J connectivity index is 1.47. The Hall–Kier alpha value is -1.89. The van der Waals surface area contributed by atoms with Crippen molar-refractivity contribution in [2.75, 3.05) is 16.8 Å². The molecule has 0 radical (unpaired) electrons. The first-order chi connectivity index (χ1) is 13.2. The zero-order chi connectivity index (χ0) is 18.6. The quantitative estimate of drug-likeness (QED) is 0.571. The lowest BCUT2D eigenvalue weighted by molar-refractivity contribution is -0.111. The summed E-state index contributed by atoms with van der Waals surface area (Å²) in [5.74, 6) is 2.19. The lowest BCUT2D eigenvalue weighted by Crippen LogP contribution is -2.08. The average Bonchev–Trinajstić information content (AvgIpc) is 3.02. The van der Waals surface area contributed by atoms with Crippen LogP contribution in [0, 0.1) is 0 Å². The molecule has 0 spiro atoms. The molecule has 1 N–H and O–H groups in total. The van der Waals surface area contributed by atoms with Crippen molar-refractivity contribution in [3.8, 4) is 0 Å². The minimum atomic E-state index is -0.196. The summed E-state index contributed by atoms with van der Waals surface area (Å²) in [6.45, 7) is 0. The van der Waals surface area contributed by atoms with Gasteiger partial charge in [-0.05, 0) is 53.8 Å². The van der Waals surface area contributed by atoms with Crippen LogP contribution in [-0.2, 0) is 4.79 Å². The predicted molar refractivity (Wildman–Crippen MR) is 117 cm³/mol. The van der Waals surface area contributed by atoms with E-state index >= 15 is 0 Å². The molecule has 0 bridgehead atoms. The Morgan fingerprint density at radius 3 is 2.93 bits per heavy atom. The van der Waals surface area contributed by atoms with Gasteiger partial charge in [0.1, 0.15) is 5.65 Å². The van der Waals surface area contributed by atoms with E-state index < -0.39 is 0 Å². The third-order valence-corrected chi connectivity index (χ3v) is 7.46. The molecule has 1 aromatic carbocycles. The topological polar surface area (TPSA) is 46.4 Å². The van der Waals surface area contributed by atoms with Crippen LogP contribution in [0.2, 0.25) is 5.15 Å². The Bertz CT molecular complexity index is 996. The molecule has 3 aromatic rings. The highest BCUT2D eigenvalue weighted by atomic mass is 35.5. The molecule has 7 heteroatoms. The molecule has 1 fully saturated rings. The van der Waals surface area contributed by atoms with E-state index in [1.807, 2.05) is 64.5 Å². The van der Waals surface area contributed by atoms with Crippen LogP contribution in [0.25, 0.3) is 11.7 Å². The summed E-state index contributed by atoms with van der Waals surface area (Å²) >= 11 is 10.1. The predicted octanol–water partition coefficient (Wildman–Crippen LogP) is 5.51. The highest BCUT2D eigenvalue weighted by molar-refractivity contribution is 8.16. The van der Waals surface area contributed by atoms with E-state index in [-0.39, 0.29) is 5.91 Å². The summed E-state index contributed by atoms with van der Waals surface area (Å²) in [4.78, 5) is 16.6. The Morgan fingerprint density at radius 1 is 1.22 bits per heavy atom. The van der Waals surface area contributed by atoms with Crippen molar-refractivity contribution in [3.63, 3.8) is 0 Å². The largest absolute Gasteiger partial charge is 0.323 e. The summed E-state index contributed by atoms with van der Waals surface area (Å²) < 4.78 is 2.30. The van der Waals surface area contributed by atoms with Crippen LogP contribution in [-0.4, -0.2) is 26.8 Å². The first kappa shape index (κ1) is 18.5. The number of carbonyl (C=O) groups is 1. The molecule has 27 heavy (non-hydrogen) atoms. The summed E-state index contributed by atoms with van der Waals surface area (Å²) in [5, 5.41) is 3.31. The van der Waals surface area contributed by atoms with Gasteiger partial charge in [-0.1, -0.05) is 29.8 Å². The van der Waals surface area contributed by atoms with E-state index in [4.69, 9.17) is 11.6 Å². The van der Waals surface area contributed by atoms with Crippen molar-refractivity contribution in [2.45, 2.75) is 11.0 Å². The molecule has 1 aliphatic heterocycles. The number of rotatable bonds is 4. The van der Waals surface area contributed by atoms with Gasteiger partial charge in [0.05, 0.1) is 10.3 Å². The first-order valence-corrected chi connectivity index (χ1v) is 11.1. The molecule has 4 nitrogen and oxygen atoms in total. The van der Waals surface area contributed by atoms with Crippen LogP contribution in [0.5, 0.6) is 0 Å². The number of aromatic nitrogens is 2. The van der Waals surface area contributed by atoms with Crippen LogP contribution in [0.1, 0.15) is 22.3 Å². The molecule has 1 aliphatic rings. The number of nitrogens with zero attached hydrogens (tertiary/aromatic N) is 2. The molecular formula is C20H18ClN3OS2. The Kier molecular flexibility index (Phi) is 5.76. The van der Waals surface area contributed by atoms with E-state index in [0.29, 0.717) is 15.4 Å². The Morgan fingerprint density at radius 2 is 2.07 bits per heavy atom. The van der Waals surface area contributed by atoms with Crippen LogP contribution in [0.3, 0.4) is 0 Å². The Labute approximate surface area is 171 Å². The first-order valence-electron chi connectivity index (χ1n) is 8.65. The molecule has 3 heterocycles. The SMILES string of the molecule is O=C(C=Cc1c(Cl)nc2ccccn12)Nc1cccc(C2SCCCS2)c1. The van der Waals surface area contributed by atoms with Crippen molar-refractivity contribution in [1.29, 1.82) is 0 Å². The van der Waals surface area contributed by atoms with Gasteiger partial charge in [-0.2, -0.15) is 0 Å². The van der Waals surface area contributed by atoms with Gasteiger partial charge in [0.2, 0.25) is 5.91 Å². The number of amides is 1. The molecule has 4 rings (SSSR count). The second-order valence-corrected chi connectivity index (χ2v) is 9.17. The minimum absolute atomic E-state index is 0.196. The lowest BCUT2D eigenvalue weighted by Gasteiger charge is -2.21. The fraction of sp³-hybridized carbons (Fsp3) is 0.200. The fourth-order valence-electron chi connectivity index (χ4n) is 2.92. The molecule has 0 aliphatic carbocycles. The number of pyridine rings is 1. The molecular weight excluding hydrogens is 398 g/mol. The number of benzene rings is 1. The molecule has 0 saturated carbocycles.